The van der Waals surface area contributed by atoms with Crippen molar-refractivity contribution in [1.29, 1.82) is 0 Å². The highest BCUT2D eigenvalue weighted by atomic mass is 16.5. The lowest BCUT2D eigenvalue weighted by Gasteiger charge is -1.92. The summed E-state index contributed by atoms with van der Waals surface area (Å²) in [7, 11) is 0. The van der Waals surface area contributed by atoms with Crippen LogP contribution >= 0.6 is 0 Å². The molecule has 2 heterocycles. The maximum atomic E-state index is 10.7. The lowest BCUT2D eigenvalue weighted by Crippen LogP contribution is -2.22. The van der Waals surface area contributed by atoms with E-state index in [0.29, 0.717) is 5.65 Å². The van der Waals surface area contributed by atoms with Crippen LogP contribution in [0.1, 0.15) is 0 Å². The van der Waals surface area contributed by atoms with Gasteiger partial charge in [0, 0.05) is 6.07 Å². The van der Waals surface area contributed by atoms with E-state index in [2.05, 4.69) is 9.97 Å². The summed E-state index contributed by atoms with van der Waals surface area (Å²) in [4.78, 5) is 5.57. The van der Waals surface area contributed by atoms with E-state index in [1.54, 1.807) is 6.20 Å². The molecule has 0 spiro atoms. The highest BCUT2D eigenvalue weighted by Crippen LogP contribution is 2.00. The lowest BCUT2D eigenvalue weighted by atomic mass is 10.6. The van der Waals surface area contributed by atoms with E-state index < -0.39 is 0 Å². The van der Waals surface area contributed by atoms with Gasteiger partial charge in [0.05, 0.1) is 6.20 Å². The number of hydrogen-bond donors (Lipinski definition) is 2. The number of rotatable bonds is 0. The fourth-order valence-corrected chi connectivity index (χ4v) is 0.852. The van der Waals surface area contributed by atoms with Gasteiger partial charge in [0.25, 0.3) is 5.65 Å². The Morgan fingerprint density at radius 2 is 2.33 bits per heavy atom. The molecule has 9 heavy (non-hydrogen) atoms. The Morgan fingerprint density at radius 1 is 1.44 bits per heavy atom. The van der Waals surface area contributed by atoms with Crippen LogP contribution in [0.3, 0.4) is 0 Å². The number of nitrogens with one attached hydrogen (secondary N) is 2. The summed E-state index contributed by atoms with van der Waals surface area (Å²) in [5, 5.41) is 10.7. The molecule has 0 unspecified atom stereocenters. The van der Waals surface area contributed by atoms with Gasteiger partial charge >= 0.3 is 0 Å². The average Bonchev–Trinajstić information content (AvgIpc) is 2.35. The molecule has 0 aliphatic carbocycles. The Bertz CT molecular complexity index is 321. The fraction of sp³-hybridized carbons (Fsp3) is 0. The second-order valence-corrected chi connectivity index (χ2v) is 1.84. The van der Waals surface area contributed by atoms with E-state index in [1.807, 2.05) is 6.07 Å². The van der Waals surface area contributed by atoms with Gasteiger partial charge in [0.15, 0.2) is 11.8 Å². The summed E-state index contributed by atoms with van der Waals surface area (Å²) in [6.07, 6.45) is 3.08. The van der Waals surface area contributed by atoms with Crippen molar-refractivity contribution in [3.63, 3.8) is 0 Å². The first-order chi connectivity index (χ1) is 4.38. The van der Waals surface area contributed by atoms with Gasteiger partial charge in [-0.3, -0.25) is 14.7 Å². The van der Waals surface area contributed by atoms with Gasteiger partial charge < -0.3 is 5.21 Å². The Morgan fingerprint density at radius 3 is 3.11 bits per heavy atom. The van der Waals surface area contributed by atoms with Crippen molar-refractivity contribution < 1.29 is 4.73 Å². The molecule has 0 saturated carbocycles. The number of aromatic nitrogens is 3. The number of fused-ring (bicyclic) bond motifs is 1. The van der Waals surface area contributed by atoms with Gasteiger partial charge in [-0.05, 0) is 0 Å². The van der Waals surface area contributed by atoms with Crippen LogP contribution in [0.5, 0.6) is 0 Å². The van der Waals surface area contributed by atoms with Crippen molar-refractivity contribution in [2.75, 3.05) is 0 Å². The highest BCUT2D eigenvalue weighted by molar-refractivity contribution is 5.66. The summed E-state index contributed by atoms with van der Waals surface area (Å²) < 4.78 is 0.759. The molecule has 0 aromatic carbocycles. The lowest BCUT2D eigenvalue weighted by molar-refractivity contribution is -0.578. The molecule has 2 rings (SSSR count). The number of H-pyrrole nitrogens is 2. The molecule has 0 atom stereocenters. The Labute approximate surface area is 50.7 Å². The Balaban J connectivity index is 2.99. The first kappa shape index (κ1) is 4.43. The zero-order valence-corrected chi connectivity index (χ0v) is 4.59. The van der Waals surface area contributed by atoms with Gasteiger partial charge in [-0.1, -0.05) is 0 Å². The van der Waals surface area contributed by atoms with E-state index in [4.69, 9.17) is 0 Å². The van der Waals surface area contributed by atoms with E-state index in [1.165, 1.54) is 6.33 Å². The molecule has 0 fully saturated rings. The first-order valence-corrected chi connectivity index (χ1v) is 2.61. The maximum absolute atomic E-state index is 10.7. The van der Waals surface area contributed by atoms with Crippen molar-refractivity contribution in [2.45, 2.75) is 0 Å². The molecule has 46 valence electrons. The van der Waals surface area contributed by atoms with Gasteiger partial charge in [0.2, 0.25) is 0 Å². The smallest absolute Gasteiger partial charge is 0.265 e. The van der Waals surface area contributed by atoms with Crippen molar-refractivity contribution in [3.05, 3.63) is 23.8 Å². The molecule has 0 aliphatic heterocycles. The summed E-state index contributed by atoms with van der Waals surface area (Å²) in [5.41, 5.74) is 1.42. The number of hydrogen-bond acceptors (Lipinski definition) is 1. The molecule has 0 aliphatic rings. The van der Waals surface area contributed by atoms with Crippen LogP contribution in [0, 0.1) is 5.21 Å². The van der Waals surface area contributed by atoms with E-state index >= 15 is 0 Å². The minimum atomic E-state index is 0.579. The summed E-state index contributed by atoms with van der Waals surface area (Å²) >= 11 is 0. The normalized spacial score (nSPS) is 10.7. The van der Waals surface area contributed by atoms with Crippen molar-refractivity contribution in [2.24, 2.45) is 0 Å². The van der Waals surface area contributed by atoms with Crippen LogP contribution in [0.2, 0.25) is 0 Å². The monoisotopic (exact) mass is 123 g/mol. The number of nitrogens with zero attached hydrogens (tertiary/aromatic N) is 1. The quantitative estimate of drug-likeness (QED) is 0.379. The van der Waals surface area contributed by atoms with Gasteiger partial charge in [-0.2, -0.15) is 0 Å². The standard InChI is InChI=1S/C5H5N3O/c9-8-3-7-4-1-2-6-5(4)8/h1-3,6-7H. The second kappa shape index (κ2) is 1.28. The molecule has 0 amide bonds. The topological polar surface area (TPSA) is 58.5 Å². The summed E-state index contributed by atoms with van der Waals surface area (Å²) in [6, 6.07) is 1.81. The minimum Gasteiger partial charge on any atom is -0.740 e. The molecule has 2 N–H and O–H groups in total. The van der Waals surface area contributed by atoms with Crippen LogP contribution < -0.4 is 4.73 Å². The molecule has 2 aromatic rings. The maximum Gasteiger partial charge on any atom is 0.265 e. The molecule has 2 aromatic heterocycles. The molecule has 4 nitrogen and oxygen atoms in total. The third-order valence-electron chi connectivity index (χ3n) is 1.28. The van der Waals surface area contributed by atoms with Crippen LogP contribution in [-0.4, -0.2) is 9.97 Å². The third-order valence-corrected chi connectivity index (χ3v) is 1.28. The van der Waals surface area contributed by atoms with Crippen molar-refractivity contribution in [1.82, 2.24) is 9.97 Å². The first-order valence-electron chi connectivity index (χ1n) is 2.61. The minimum absolute atomic E-state index is 0.579. The van der Waals surface area contributed by atoms with Crippen molar-refractivity contribution in [3.8, 4) is 0 Å². The fourth-order valence-electron chi connectivity index (χ4n) is 0.852. The van der Waals surface area contributed by atoms with E-state index in [0.717, 1.165) is 10.2 Å². The van der Waals surface area contributed by atoms with Crippen LogP contribution in [-0.2, 0) is 0 Å². The van der Waals surface area contributed by atoms with Crippen LogP contribution in [0.25, 0.3) is 11.2 Å². The third kappa shape index (κ3) is 0.440. The average molecular weight is 123 g/mol. The Hall–Kier alpha value is -1.45. The summed E-state index contributed by atoms with van der Waals surface area (Å²) in [6.45, 7) is 0. The van der Waals surface area contributed by atoms with Crippen LogP contribution in [0.4, 0.5) is 0 Å². The van der Waals surface area contributed by atoms with E-state index in [9.17, 15) is 5.21 Å². The zero-order chi connectivity index (χ0) is 6.27. The zero-order valence-electron chi connectivity index (χ0n) is 4.59. The molecular formula is C5H5N3O. The molecule has 4 heteroatoms. The Kier molecular flexibility index (Phi) is 0.631. The molecule has 0 bridgehead atoms. The molecule has 0 saturated heterocycles. The predicted molar refractivity (Wildman–Crippen MR) is 31.6 cm³/mol. The second-order valence-electron chi connectivity index (χ2n) is 1.84. The van der Waals surface area contributed by atoms with E-state index in [-0.39, 0.29) is 0 Å². The summed E-state index contributed by atoms with van der Waals surface area (Å²) in [5.74, 6) is 0. The molecular weight excluding hydrogens is 118 g/mol. The number of aromatic amines is 2. The van der Waals surface area contributed by atoms with Gasteiger partial charge in [-0.25, -0.2) is 0 Å². The van der Waals surface area contributed by atoms with Crippen LogP contribution in [0.15, 0.2) is 18.6 Å². The molecule has 0 radical (unpaired) electrons. The van der Waals surface area contributed by atoms with Crippen molar-refractivity contribution >= 4 is 11.2 Å². The predicted octanol–water partition coefficient (Wildman–Crippen LogP) is 0.129. The highest BCUT2D eigenvalue weighted by Gasteiger charge is 2.01. The SMILES string of the molecule is [O-][n+]1c[nH]c2cc[nH]c21. The van der Waals surface area contributed by atoms with Gasteiger partial charge in [-0.15, -0.1) is 0 Å². The van der Waals surface area contributed by atoms with Gasteiger partial charge in [0.1, 0.15) is 0 Å². The number of imidazole rings is 1. The largest absolute Gasteiger partial charge is 0.740 e.